The molecule has 0 aliphatic carbocycles. The van der Waals surface area contributed by atoms with Gasteiger partial charge in [-0.3, -0.25) is 0 Å². The van der Waals surface area contributed by atoms with Gasteiger partial charge >= 0.3 is 0 Å². The molecule has 2 nitrogen and oxygen atoms in total. The number of aryl methyl sites for hydroxylation is 1. The number of rotatable bonds is 6. The molecular weight excluding hydrogens is 328 g/mol. The van der Waals surface area contributed by atoms with Crippen molar-refractivity contribution in [3.8, 4) is 0 Å². The van der Waals surface area contributed by atoms with E-state index in [1.807, 2.05) is 6.33 Å². The number of nitrogens with zero attached hydrogens (tertiary/aromatic N) is 2. The summed E-state index contributed by atoms with van der Waals surface area (Å²) in [5.74, 6) is 0. The molecule has 0 atom stereocenters. The van der Waals surface area contributed by atoms with Crippen LogP contribution in [0.25, 0.3) is 0 Å². The van der Waals surface area contributed by atoms with Crippen LogP contribution in [0.15, 0.2) is 104 Å². The van der Waals surface area contributed by atoms with E-state index in [1.54, 1.807) is 0 Å². The normalized spacial score (nSPS) is 11.4. The predicted molar refractivity (Wildman–Crippen MR) is 111 cm³/mol. The van der Waals surface area contributed by atoms with Crippen molar-refractivity contribution in [1.29, 1.82) is 0 Å². The molecule has 0 unspecified atom stereocenters. The van der Waals surface area contributed by atoms with Crippen molar-refractivity contribution < 1.29 is 0 Å². The summed E-state index contributed by atoms with van der Waals surface area (Å²) in [5.41, 5.74) is 4.22. The Morgan fingerprint density at radius 3 is 1.56 bits per heavy atom. The van der Waals surface area contributed by atoms with Gasteiger partial charge in [0.2, 0.25) is 0 Å². The predicted octanol–water partition coefficient (Wildman–Crippen LogP) is 5.49. The quantitative estimate of drug-likeness (QED) is 0.420. The van der Waals surface area contributed by atoms with E-state index >= 15 is 0 Å². The van der Waals surface area contributed by atoms with Crippen LogP contribution in [-0.2, 0) is 12.0 Å². The first kappa shape index (κ1) is 17.3. The van der Waals surface area contributed by atoms with Gasteiger partial charge in [0, 0.05) is 6.20 Å². The van der Waals surface area contributed by atoms with Crippen molar-refractivity contribution in [2.24, 2.45) is 0 Å². The SMILES string of the molecule is [CH2]CCc1cn(C(c2ccccc2)(c2ccccc2)c2ccccc2)cn1. The molecule has 0 amide bonds. The maximum Gasteiger partial charge on any atom is 0.121 e. The highest BCUT2D eigenvalue weighted by Crippen LogP contribution is 2.40. The highest BCUT2D eigenvalue weighted by molar-refractivity contribution is 5.50. The molecule has 0 N–H and O–H groups in total. The Kier molecular flexibility index (Phi) is 4.88. The Labute approximate surface area is 161 Å². The zero-order valence-corrected chi connectivity index (χ0v) is 15.3. The molecule has 1 aromatic heterocycles. The third-order valence-corrected chi connectivity index (χ3v) is 5.03. The fourth-order valence-electron chi connectivity index (χ4n) is 3.84. The second kappa shape index (κ2) is 7.63. The van der Waals surface area contributed by atoms with Gasteiger partial charge in [0.1, 0.15) is 5.54 Å². The molecule has 1 heterocycles. The summed E-state index contributed by atoms with van der Waals surface area (Å²) >= 11 is 0. The van der Waals surface area contributed by atoms with E-state index in [9.17, 15) is 0 Å². The van der Waals surface area contributed by atoms with Crippen LogP contribution in [0.1, 0.15) is 28.8 Å². The van der Waals surface area contributed by atoms with Crippen LogP contribution < -0.4 is 0 Å². The average molecular weight is 351 g/mol. The molecule has 4 rings (SSSR count). The standard InChI is InChI=1S/C25H23N2/c1-2-12-24-19-27(20-26-24)25(21-13-6-3-7-14-21,22-15-8-4-9-16-22)23-17-10-5-11-18-23/h3-11,13-20H,1-2,12H2. The molecule has 0 bridgehead atoms. The molecule has 0 spiro atoms. The molecule has 0 aliphatic heterocycles. The topological polar surface area (TPSA) is 17.8 Å². The minimum absolute atomic E-state index is 0.476. The highest BCUT2D eigenvalue weighted by Gasteiger charge is 2.38. The van der Waals surface area contributed by atoms with Crippen molar-refractivity contribution in [1.82, 2.24) is 9.55 Å². The first-order valence-corrected chi connectivity index (χ1v) is 9.35. The van der Waals surface area contributed by atoms with Crippen LogP contribution in [0.2, 0.25) is 0 Å². The number of aromatic nitrogens is 2. The lowest BCUT2D eigenvalue weighted by Gasteiger charge is -2.37. The monoisotopic (exact) mass is 351 g/mol. The van der Waals surface area contributed by atoms with Crippen LogP contribution in [-0.4, -0.2) is 9.55 Å². The van der Waals surface area contributed by atoms with Crippen LogP contribution in [0.4, 0.5) is 0 Å². The van der Waals surface area contributed by atoms with E-state index < -0.39 is 5.54 Å². The van der Waals surface area contributed by atoms with Gasteiger partial charge in [0.05, 0.1) is 12.0 Å². The average Bonchev–Trinajstić information content (AvgIpc) is 3.20. The van der Waals surface area contributed by atoms with Gasteiger partial charge in [-0.25, -0.2) is 4.98 Å². The van der Waals surface area contributed by atoms with Gasteiger partial charge in [-0.1, -0.05) is 97.9 Å². The molecule has 0 aliphatic rings. The molecule has 133 valence electrons. The largest absolute Gasteiger partial charge is 0.319 e. The number of imidazole rings is 1. The second-order valence-corrected chi connectivity index (χ2v) is 6.68. The lowest BCUT2D eigenvalue weighted by atomic mass is 9.77. The van der Waals surface area contributed by atoms with Crippen molar-refractivity contribution in [2.45, 2.75) is 18.4 Å². The van der Waals surface area contributed by atoms with Crippen LogP contribution in [0.5, 0.6) is 0 Å². The van der Waals surface area contributed by atoms with Crippen LogP contribution in [0.3, 0.4) is 0 Å². The lowest BCUT2D eigenvalue weighted by Crippen LogP contribution is -2.36. The Bertz CT molecular complexity index is 876. The summed E-state index contributed by atoms with van der Waals surface area (Å²) < 4.78 is 2.25. The fraction of sp³-hybridized carbons (Fsp3) is 0.120. The van der Waals surface area contributed by atoms with Gasteiger partial charge in [0.15, 0.2) is 0 Å². The number of hydrogen-bond donors (Lipinski definition) is 0. The molecule has 1 radical (unpaired) electrons. The lowest BCUT2D eigenvalue weighted by molar-refractivity contribution is 0.514. The summed E-state index contributed by atoms with van der Waals surface area (Å²) in [6, 6.07) is 32.0. The highest BCUT2D eigenvalue weighted by atomic mass is 15.1. The smallest absolute Gasteiger partial charge is 0.121 e. The van der Waals surface area contributed by atoms with Gasteiger partial charge in [-0.05, 0) is 29.5 Å². The molecule has 4 aromatic rings. The minimum atomic E-state index is -0.476. The van der Waals surface area contributed by atoms with Gasteiger partial charge in [0.25, 0.3) is 0 Å². The molecule has 3 aromatic carbocycles. The van der Waals surface area contributed by atoms with E-state index in [2.05, 4.69) is 114 Å². The fourth-order valence-corrected chi connectivity index (χ4v) is 3.84. The van der Waals surface area contributed by atoms with E-state index in [1.165, 1.54) is 16.7 Å². The Hall–Kier alpha value is -3.13. The number of hydrogen-bond acceptors (Lipinski definition) is 1. The molecule has 0 fully saturated rings. The Balaban J connectivity index is 2.06. The molecular formula is C25H23N2. The van der Waals surface area contributed by atoms with Crippen molar-refractivity contribution in [3.63, 3.8) is 0 Å². The Morgan fingerprint density at radius 1 is 0.704 bits per heavy atom. The molecule has 27 heavy (non-hydrogen) atoms. The molecule has 0 saturated heterocycles. The zero-order valence-electron chi connectivity index (χ0n) is 15.3. The van der Waals surface area contributed by atoms with E-state index in [4.69, 9.17) is 0 Å². The van der Waals surface area contributed by atoms with E-state index in [-0.39, 0.29) is 0 Å². The van der Waals surface area contributed by atoms with Gasteiger partial charge < -0.3 is 4.57 Å². The van der Waals surface area contributed by atoms with Crippen molar-refractivity contribution >= 4 is 0 Å². The first-order valence-electron chi connectivity index (χ1n) is 9.35. The molecule has 2 heteroatoms. The maximum atomic E-state index is 4.67. The molecule has 0 saturated carbocycles. The second-order valence-electron chi connectivity index (χ2n) is 6.68. The Morgan fingerprint density at radius 2 is 1.15 bits per heavy atom. The van der Waals surface area contributed by atoms with Crippen molar-refractivity contribution in [2.75, 3.05) is 0 Å². The summed E-state index contributed by atoms with van der Waals surface area (Å²) in [6.45, 7) is 3.98. The van der Waals surface area contributed by atoms with Gasteiger partial charge in [-0.15, -0.1) is 0 Å². The van der Waals surface area contributed by atoms with Crippen LogP contribution in [0, 0.1) is 6.92 Å². The van der Waals surface area contributed by atoms with Crippen molar-refractivity contribution in [3.05, 3.63) is 133 Å². The number of benzene rings is 3. The van der Waals surface area contributed by atoms with E-state index in [0.717, 1.165) is 18.5 Å². The first-order chi connectivity index (χ1) is 13.4. The maximum absolute atomic E-state index is 4.67. The summed E-state index contributed by atoms with van der Waals surface area (Å²) in [5, 5.41) is 0. The van der Waals surface area contributed by atoms with Crippen LogP contribution >= 0.6 is 0 Å². The summed E-state index contributed by atoms with van der Waals surface area (Å²) in [4.78, 5) is 4.67. The third kappa shape index (κ3) is 3.08. The summed E-state index contributed by atoms with van der Waals surface area (Å²) in [7, 11) is 0. The third-order valence-electron chi connectivity index (χ3n) is 5.03. The zero-order chi connectivity index (χ0) is 18.5. The summed E-state index contributed by atoms with van der Waals surface area (Å²) in [6.07, 6.45) is 5.84. The van der Waals surface area contributed by atoms with Gasteiger partial charge in [-0.2, -0.15) is 0 Å². The minimum Gasteiger partial charge on any atom is -0.319 e. The van der Waals surface area contributed by atoms with E-state index in [0.29, 0.717) is 0 Å².